The molecule has 12 heavy (non-hydrogen) atoms. The Kier molecular flexibility index (Phi) is 1.59. The number of aryl methyl sites for hydroxylation is 1. The van der Waals surface area contributed by atoms with Gasteiger partial charge in [0.05, 0.1) is 0 Å². The van der Waals surface area contributed by atoms with Gasteiger partial charge in [-0.15, -0.1) is 10.2 Å². The second-order valence-electron chi connectivity index (χ2n) is 2.34. The van der Waals surface area contributed by atoms with Crippen molar-refractivity contribution in [1.29, 1.82) is 0 Å². The van der Waals surface area contributed by atoms with Crippen molar-refractivity contribution in [3.8, 4) is 11.6 Å². The number of hydrogen-bond acceptors (Lipinski definition) is 4. The molecule has 0 saturated heterocycles. The number of nitrogens with zero attached hydrogens (tertiary/aromatic N) is 3. The molecule has 2 heterocycles. The third-order valence-corrected chi connectivity index (χ3v) is 1.41. The van der Waals surface area contributed by atoms with Crippen LogP contribution in [0.1, 0.15) is 5.89 Å². The molecule has 0 aliphatic rings. The highest BCUT2D eigenvalue weighted by atomic mass is 16.4. The monoisotopic (exact) mass is 161 g/mol. The van der Waals surface area contributed by atoms with Gasteiger partial charge < -0.3 is 4.42 Å². The highest BCUT2D eigenvalue weighted by molar-refractivity contribution is 5.44. The van der Waals surface area contributed by atoms with Gasteiger partial charge in [0.15, 0.2) is 0 Å². The van der Waals surface area contributed by atoms with Gasteiger partial charge in [-0.3, -0.25) is 4.98 Å². The lowest BCUT2D eigenvalue weighted by molar-refractivity contribution is 0.531. The molecule has 0 bridgehead atoms. The van der Waals surface area contributed by atoms with Crippen molar-refractivity contribution >= 4 is 0 Å². The predicted molar refractivity (Wildman–Crippen MR) is 42.3 cm³/mol. The van der Waals surface area contributed by atoms with E-state index in [0.717, 1.165) is 0 Å². The van der Waals surface area contributed by atoms with E-state index in [1.807, 2.05) is 18.2 Å². The van der Waals surface area contributed by atoms with Crippen LogP contribution in [0.15, 0.2) is 28.8 Å². The van der Waals surface area contributed by atoms with Crippen LogP contribution in [0.2, 0.25) is 0 Å². The molecule has 0 fully saturated rings. The molecule has 0 radical (unpaired) electrons. The van der Waals surface area contributed by atoms with Crippen LogP contribution < -0.4 is 0 Å². The van der Waals surface area contributed by atoms with Crippen molar-refractivity contribution in [1.82, 2.24) is 15.2 Å². The SMILES string of the molecule is Cc1nnc(-c2ccccn2)o1. The van der Waals surface area contributed by atoms with E-state index >= 15 is 0 Å². The van der Waals surface area contributed by atoms with Gasteiger partial charge >= 0.3 is 0 Å². The Morgan fingerprint density at radius 1 is 1.25 bits per heavy atom. The maximum absolute atomic E-state index is 5.18. The van der Waals surface area contributed by atoms with Crippen molar-refractivity contribution in [3.63, 3.8) is 0 Å². The fraction of sp³-hybridized carbons (Fsp3) is 0.125. The minimum absolute atomic E-state index is 0.466. The quantitative estimate of drug-likeness (QED) is 0.635. The van der Waals surface area contributed by atoms with Gasteiger partial charge in [-0.05, 0) is 12.1 Å². The highest BCUT2D eigenvalue weighted by Gasteiger charge is 2.04. The Hall–Kier alpha value is -1.71. The Morgan fingerprint density at radius 3 is 2.75 bits per heavy atom. The lowest BCUT2D eigenvalue weighted by Crippen LogP contribution is -1.80. The summed E-state index contributed by atoms with van der Waals surface area (Å²) in [6.07, 6.45) is 1.69. The summed E-state index contributed by atoms with van der Waals surface area (Å²) in [6.45, 7) is 1.75. The first kappa shape index (κ1) is 6.97. The van der Waals surface area contributed by atoms with Gasteiger partial charge in [0.2, 0.25) is 5.89 Å². The Balaban J connectivity index is 2.45. The van der Waals surface area contributed by atoms with Gasteiger partial charge in [-0.1, -0.05) is 6.07 Å². The maximum Gasteiger partial charge on any atom is 0.266 e. The molecule has 0 spiro atoms. The second kappa shape index (κ2) is 2.73. The van der Waals surface area contributed by atoms with Gasteiger partial charge in [-0.2, -0.15) is 0 Å². The largest absolute Gasteiger partial charge is 0.420 e. The molecule has 0 aliphatic heterocycles. The van der Waals surface area contributed by atoms with Crippen LogP contribution in [0, 0.1) is 6.92 Å². The third kappa shape index (κ3) is 1.18. The van der Waals surface area contributed by atoms with Gasteiger partial charge in [0, 0.05) is 13.1 Å². The minimum atomic E-state index is 0.466. The van der Waals surface area contributed by atoms with Crippen LogP contribution in [0.25, 0.3) is 11.6 Å². The topological polar surface area (TPSA) is 51.8 Å². The van der Waals surface area contributed by atoms with E-state index in [0.29, 0.717) is 17.5 Å². The summed E-state index contributed by atoms with van der Waals surface area (Å²) in [7, 11) is 0. The van der Waals surface area contributed by atoms with Gasteiger partial charge in [0.1, 0.15) is 5.69 Å². The number of pyridine rings is 1. The molecule has 4 heteroatoms. The molecule has 0 amide bonds. The lowest BCUT2D eigenvalue weighted by atomic mass is 10.3. The molecular weight excluding hydrogens is 154 g/mol. The van der Waals surface area contributed by atoms with Crippen LogP contribution in [0.5, 0.6) is 0 Å². The first-order valence-electron chi connectivity index (χ1n) is 3.58. The van der Waals surface area contributed by atoms with Crippen molar-refractivity contribution < 1.29 is 4.42 Å². The molecule has 0 aromatic carbocycles. The van der Waals surface area contributed by atoms with E-state index in [9.17, 15) is 0 Å². The standard InChI is InChI=1S/C8H7N3O/c1-6-10-11-8(12-6)7-4-2-3-5-9-7/h2-5H,1H3. The van der Waals surface area contributed by atoms with Gasteiger partial charge in [0.25, 0.3) is 5.89 Å². The first-order valence-corrected chi connectivity index (χ1v) is 3.58. The number of hydrogen-bond donors (Lipinski definition) is 0. The Bertz CT molecular complexity index is 369. The third-order valence-electron chi connectivity index (χ3n) is 1.41. The zero-order valence-corrected chi connectivity index (χ0v) is 6.56. The normalized spacial score (nSPS) is 10.1. The number of aromatic nitrogens is 3. The van der Waals surface area contributed by atoms with Crippen LogP contribution >= 0.6 is 0 Å². The maximum atomic E-state index is 5.18. The zero-order valence-electron chi connectivity index (χ0n) is 6.56. The highest BCUT2D eigenvalue weighted by Crippen LogP contribution is 2.12. The summed E-state index contributed by atoms with van der Waals surface area (Å²) in [5.74, 6) is 1.02. The van der Waals surface area contributed by atoms with E-state index in [-0.39, 0.29) is 0 Å². The summed E-state index contributed by atoms with van der Waals surface area (Å²) in [5.41, 5.74) is 0.707. The summed E-state index contributed by atoms with van der Waals surface area (Å²) in [6, 6.07) is 5.54. The smallest absolute Gasteiger partial charge is 0.266 e. The number of rotatable bonds is 1. The van der Waals surface area contributed by atoms with Gasteiger partial charge in [-0.25, -0.2) is 0 Å². The molecule has 2 rings (SSSR count). The molecule has 0 unspecified atom stereocenters. The molecule has 0 saturated carbocycles. The van der Waals surface area contributed by atoms with Crippen molar-refractivity contribution in [3.05, 3.63) is 30.3 Å². The molecule has 0 atom stereocenters. The molecular formula is C8H7N3O. The van der Waals surface area contributed by atoms with E-state index < -0.39 is 0 Å². The summed E-state index contributed by atoms with van der Waals surface area (Å²) in [4.78, 5) is 4.07. The molecule has 2 aromatic heterocycles. The summed E-state index contributed by atoms with van der Waals surface area (Å²) >= 11 is 0. The molecule has 0 aliphatic carbocycles. The second-order valence-corrected chi connectivity index (χ2v) is 2.34. The molecule has 60 valence electrons. The van der Waals surface area contributed by atoms with Crippen molar-refractivity contribution in [2.45, 2.75) is 6.92 Å². The van der Waals surface area contributed by atoms with E-state index in [1.54, 1.807) is 13.1 Å². The first-order chi connectivity index (χ1) is 5.86. The fourth-order valence-corrected chi connectivity index (χ4v) is 0.889. The van der Waals surface area contributed by atoms with E-state index in [4.69, 9.17) is 4.42 Å². The molecule has 2 aromatic rings. The Morgan fingerprint density at radius 2 is 2.17 bits per heavy atom. The fourth-order valence-electron chi connectivity index (χ4n) is 0.889. The average molecular weight is 161 g/mol. The zero-order chi connectivity index (χ0) is 8.39. The molecule has 4 nitrogen and oxygen atoms in total. The van der Waals surface area contributed by atoms with Crippen LogP contribution in [-0.2, 0) is 0 Å². The van der Waals surface area contributed by atoms with Crippen molar-refractivity contribution in [2.75, 3.05) is 0 Å². The minimum Gasteiger partial charge on any atom is -0.420 e. The summed E-state index contributed by atoms with van der Waals surface area (Å²) in [5, 5.41) is 7.54. The van der Waals surface area contributed by atoms with Crippen LogP contribution in [-0.4, -0.2) is 15.2 Å². The van der Waals surface area contributed by atoms with E-state index in [2.05, 4.69) is 15.2 Å². The van der Waals surface area contributed by atoms with Crippen LogP contribution in [0.3, 0.4) is 0 Å². The predicted octanol–water partition coefficient (Wildman–Crippen LogP) is 1.44. The lowest BCUT2D eigenvalue weighted by Gasteiger charge is -1.89. The van der Waals surface area contributed by atoms with Crippen LogP contribution in [0.4, 0.5) is 0 Å². The van der Waals surface area contributed by atoms with Crippen molar-refractivity contribution in [2.24, 2.45) is 0 Å². The molecule has 0 N–H and O–H groups in total. The Labute approximate surface area is 69.3 Å². The summed E-state index contributed by atoms with van der Waals surface area (Å²) < 4.78 is 5.18. The van der Waals surface area contributed by atoms with E-state index in [1.165, 1.54) is 0 Å². The average Bonchev–Trinajstić information content (AvgIpc) is 2.54.